The van der Waals surface area contributed by atoms with Crippen LogP contribution in [0.1, 0.15) is 11.1 Å². The maximum absolute atomic E-state index is 13.3. The van der Waals surface area contributed by atoms with Crippen LogP contribution in [-0.4, -0.2) is 0 Å². The fraction of sp³-hybridized carbons (Fsp3) is 0.0714. The molecule has 0 radical (unpaired) electrons. The first-order valence-electron chi connectivity index (χ1n) is 5.26. The van der Waals surface area contributed by atoms with Gasteiger partial charge in [0, 0.05) is 10.5 Å². The van der Waals surface area contributed by atoms with Crippen molar-refractivity contribution >= 4 is 15.9 Å². The molecule has 0 aliphatic carbocycles. The van der Waals surface area contributed by atoms with E-state index >= 15 is 0 Å². The van der Waals surface area contributed by atoms with Gasteiger partial charge in [-0.2, -0.15) is 5.26 Å². The fourth-order valence-electron chi connectivity index (χ4n) is 1.47. The minimum Gasteiger partial charge on any atom is -0.489 e. The Hall–Kier alpha value is -1.86. The van der Waals surface area contributed by atoms with Crippen molar-refractivity contribution in [2.24, 2.45) is 0 Å². The second kappa shape index (κ2) is 5.65. The Balaban J connectivity index is 2.07. The smallest absolute Gasteiger partial charge is 0.144 e. The third kappa shape index (κ3) is 3.08. The van der Waals surface area contributed by atoms with Crippen molar-refractivity contribution in [3.63, 3.8) is 0 Å². The van der Waals surface area contributed by atoms with Crippen molar-refractivity contribution < 1.29 is 9.13 Å². The van der Waals surface area contributed by atoms with E-state index in [2.05, 4.69) is 15.9 Å². The van der Waals surface area contributed by atoms with Gasteiger partial charge in [-0.15, -0.1) is 0 Å². The average Bonchev–Trinajstić information content (AvgIpc) is 2.37. The van der Waals surface area contributed by atoms with Gasteiger partial charge < -0.3 is 4.74 Å². The summed E-state index contributed by atoms with van der Waals surface area (Å²) in [5.41, 5.74) is 0.999. The van der Waals surface area contributed by atoms with E-state index in [1.807, 2.05) is 24.3 Å². The van der Waals surface area contributed by atoms with E-state index in [1.165, 1.54) is 12.1 Å². The quantitative estimate of drug-likeness (QED) is 0.857. The highest BCUT2D eigenvalue weighted by atomic mass is 79.9. The number of hydrogen-bond acceptors (Lipinski definition) is 2. The zero-order chi connectivity index (χ0) is 13.0. The highest BCUT2D eigenvalue weighted by Crippen LogP contribution is 2.18. The molecule has 0 atom stereocenters. The summed E-state index contributed by atoms with van der Waals surface area (Å²) >= 11 is 3.37. The molecule has 2 rings (SSSR count). The Morgan fingerprint density at radius 1 is 1.22 bits per heavy atom. The van der Waals surface area contributed by atoms with Crippen LogP contribution in [0.15, 0.2) is 46.9 Å². The van der Waals surface area contributed by atoms with Crippen molar-refractivity contribution in [1.29, 1.82) is 5.26 Å². The molecule has 0 aromatic heterocycles. The molecule has 0 bridgehead atoms. The minimum absolute atomic E-state index is 0.0183. The Kier molecular flexibility index (Phi) is 3.96. The molecule has 18 heavy (non-hydrogen) atoms. The van der Waals surface area contributed by atoms with Crippen LogP contribution in [0, 0.1) is 17.1 Å². The molecular formula is C14H9BrFNO. The van der Waals surface area contributed by atoms with Crippen LogP contribution >= 0.6 is 15.9 Å². The molecule has 90 valence electrons. The molecule has 2 nitrogen and oxygen atoms in total. The van der Waals surface area contributed by atoms with Crippen LogP contribution in [0.25, 0.3) is 0 Å². The number of hydrogen-bond donors (Lipinski definition) is 0. The summed E-state index contributed by atoms with van der Waals surface area (Å²) in [5, 5.41) is 8.61. The van der Waals surface area contributed by atoms with E-state index in [0.29, 0.717) is 12.4 Å². The van der Waals surface area contributed by atoms with Gasteiger partial charge in [0.1, 0.15) is 24.2 Å². The first-order valence-corrected chi connectivity index (χ1v) is 6.05. The third-order valence-electron chi connectivity index (χ3n) is 2.36. The van der Waals surface area contributed by atoms with Crippen LogP contribution in [0.4, 0.5) is 4.39 Å². The Morgan fingerprint density at radius 3 is 2.72 bits per heavy atom. The number of halogens is 2. The second-order valence-corrected chi connectivity index (χ2v) is 4.59. The largest absolute Gasteiger partial charge is 0.489 e. The monoisotopic (exact) mass is 305 g/mol. The predicted molar refractivity (Wildman–Crippen MR) is 69.6 cm³/mol. The summed E-state index contributed by atoms with van der Waals surface area (Å²) < 4.78 is 19.8. The van der Waals surface area contributed by atoms with E-state index in [1.54, 1.807) is 12.1 Å². The van der Waals surface area contributed by atoms with E-state index in [0.717, 1.165) is 10.0 Å². The van der Waals surface area contributed by atoms with Gasteiger partial charge in [-0.1, -0.05) is 28.1 Å². The van der Waals surface area contributed by atoms with Crippen LogP contribution < -0.4 is 4.74 Å². The van der Waals surface area contributed by atoms with Gasteiger partial charge in [-0.05, 0) is 29.8 Å². The zero-order valence-electron chi connectivity index (χ0n) is 9.36. The highest BCUT2D eigenvalue weighted by Gasteiger charge is 2.03. The van der Waals surface area contributed by atoms with Crippen molar-refractivity contribution in [2.45, 2.75) is 6.61 Å². The molecular weight excluding hydrogens is 297 g/mol. The van der Waals surface area contributed by atoms with Crippen LogP contribution in [-0.2, 0) is 6.61 Å². The summed E-state index contributed by atoms with van der Waals surface area (Å²) in [5.74, 6) is -0.157. The number of nitriles is 1. The molecule has 0 saturated carbocycles. The first-order chi connectivity index (χ1) is 8.69. The maximum Gasteiger partial charge on any atom is 0.144 e. The summed E-state index contributed by atoms with van der Waals surface area (Å²) in [6.45, 7) is 0.352. The molecule has 0 aliphatic heterocycles. The normalized spacial score (nSPS) is 9.83. The molecule has 0 spiro atoms. The molecule has 0 N–H and O–H groups in total. The fourth-order valence-corrected chi connectivity index (χ4v) is 1.92. The third-order valence-corrected chi connectivity index (χ3v) is 2.85. The molecule has 0 aliphatic rings. The second-order valence-electron chi connectivity index (χ2n) is 3.67. The van der Waals surface area contributed by atoms with Gasteiger partial charge in [0.15, 0.2) is 0 Å². The Labute approximate surface area is 113 Å². The molecule has 0 unspecified atom stereocenters. The SMILES string of the molecule is N#Cc1ccc(OCc2cccc(Br)c2)cc1F. The van der Waals surface area contributed by atoms with Gasteiger partial charge in [0.25, 0.3) is 0 Å². The van der Waals surface area contributed by atoms with Gasteiger partial charge >= 0.3 is 0 Å². The lowest BCUT2D eigenvalue weighted by atomic mass is 10.2. The highest BCUT2D eigenvalue weighted by molar-refractivity contribution is 9.10. The topological polar surface area (TPSA) is 33.0 Å². The lowest BCUT2D eigenvalue weighted by Gasteiger charge is -2.07. The van der Waals surface area contributed by atoms with E-state index in [4.69, 9.17) is 10.00 Å². The maximum atomic E-state index is 13.3. The summed E-state index contributed by atoms with van der Waals surface area (Å²) in [4.78, 5) is 0. The Bertz CT molecular complexity index is 607. The van der Waals surface area contributed by atoms with Crippen molar-refractivity contribution in [3.8, 4) is 11.8 Å². The molecule has 0 fully saturated rings. The van der Waals surface area contributed by atoms with Crippen LogP contribution in [0.2, 0.25) is 0 Å². The predicted octanol–water partition coefficient (Wildman–Crippen LogP) is 4.04. The zero-order valence-corrected chi connectivity index (χ0v) is 10.9. The summed E-state index contributed by atoms with van der Waals surface area (Å²) in [7, 11) is 0. The van der Waals surface area contributed by atoms with Crippen LogP contribution in [0.3, 0.4) is 0 Å². The summed E-state index contributed by atoms with van der Waals surface area (Å²) in [6.07, 6.45) is 0. The Morgan fingerprint density at radius 2 is 2.06 bits per heavy atom. The van der Waals surface area contributed by atoms with Gasteiger partial charge in [-0.25, -0.2) is 4.39 Å². The molecule has 2 aromatic carbocycles. The van der Waals surface area contributed by atoms with Gasteiger partial charge in [-0.3, -0.25) is 0 Å². The average molecular weight is 306 g/mol. The lowest BCUT2D eigenvalue weighted by Crippen LogP contribution is -1.96. The van der Waals surface area contributed by atoms with Gasteiger partial charge in [0.2, 0.25) is 0 Å². The number of ether oxygens (including phenoxy) is 1. The van der Waals surface area contributed by atoms with Crippen molar-refractivity contribution in [3.05, 3.63) is 63.9 Å². The number of benzene rings is 2. The minimum atomic E-state index is -0.566. The molecule has 0 amide bonds. The molecule has 2 aromatic rings. The number of nitrogens with zero attached hydrogens (tertiary/aromatic N) is 1. The molecule has 4 heteroatoms. The van der Waals surface area contributed by atoms with Crippen molar-refractivity contribution in [1.82, 2.24) is 0 Å². The molecule has 0 heterocycles. The molecule has 0 saturated heterocycles. The van der Waals surface area contributed by atoms with E-state index < -0.39 is 5.82 Å². The summed E-state index contributed by atoms with van der Waals surface area (Å²) in [6, 6.07) is 13.7. The number of rotatable bonds is 3. The van der Waals surface area contributed by atoms with Crippen LogP contribution in [0.5, 0.6) is 5.75 Å². The van der Waals surface area contributed by atoms with Gasteiger partial charge in [0.05, 0.1) is 5.56 Å². The standard InChI is InChI=1S/C14H9BrFNO/c15-12-3-1-2-10(6-12)9-18-13-5-4-11(8-17)14(16)7-13/h1-7H,9H2. The van der Waals surface area contributed by atoms with E-state index in [9.17, 15) is 4.39 Å². The first kappa shape index (κ1) is 12.6. The van der Waals surface area contributed by atoms with Crippen molar-refractivity contribution in [2.75, 3.05) is 0 Å². The lowest BCUT2D eigenvalue weighted by molar-refractivity contribution is 0.304. The van der Waals surface area contributed by atoms with E-state index in [-0.39, 0.29) is 5.56 Å².